The number of carbonyl (C=O) groups is 1. The van der Waals surface area contributed by atoms with Gasteiger partial charge in [-0.05, 0) is 31.0 Å². The molecule has 1 aliphatic carbocycles. The lowest BCUT2D eigenvalue weighted by Gasteiger charge is -2.09. The van der Waals surface area contributed by atoms with Crippen LogP contribution in [0.2, 0.25) is 5.02 Å². The average molecular weight is 211 g/mol. The minimum Gasteiger partial charge on any atom is -0.324 e. The van der Waals surface area contributed by atoms with Crippen LogP contribution < -0.4 is 11.1 Å². The van der Waals surface area contributed by atoms with Crippen molar-refractivity contribution >= 4 is 23.2 Å². The van der Waals surface area contributed by atoms with Gasteiger partial charge in [0.25, 0.3) is 0 Å². The summed E-state index contributed by atoms with van der Waals surface area (Å²) in [5.41, 5.74) is 5.79. The molecule has 0 radical (unpaired) electrons. The van der Waals surface area contributed by atoms with E-state index in [4.69, 9.17) is 17.3 Å². The Labute approximate surface area is 87.2 Å². The number of amides is 1. The molecule has 14 heavy (non-hydrogen) atoms. The third-order valence-electron chi connectivity index (χ3n) is 2.32. The predicted molar refractivity (Wildman–Crippen MR) is 56.2 cm³/mol. The normalized spacial score (nSPS) is 17.6. The van der Waals surface area contributed by atoms with Gasteiger partial charge >= 0.3 is 0 Å². The van der Waals surface area contributed by atoms with Gasteiger partial charge in [-0.25, -0.2) is 0 Å². The fourth-order valence-corrected chi connectivity index (χ4v) is 1.37. The molecule has 1 aromatic carbocycles. The van der Waals surface area contributed by atoms with Crippen LogP contribution in [-0.2, 0) is 4.79 Å². The molecule has 3 N–H and O–H groups in total. The summed E-state index contributed by atoms with van der Waals surface area (Å²) in [4.78, 5) is 11.5. The zero-order valence-corrected chi connectivity index (χ0v) is 8.34. The van der Waals surface area contributed by atoms with Gasteiger partial charge in [-0.2, -0.15) is 0 Å². The number of halogens is 1. The van der Waals surface area contributed by atoms with Gasteiger partial charge in [-0.3, -0.25) is 4.79 Å². The number of hydrogen-bond donors (Lipinski definition) is 2. The molecular formula is C10H11ClN2O. The minimum atomic E-state index is -0.637. The summed E-state index contributed by atoms with van der Waals surface area (Å²) in [6.45, 7) is 0. The van der Waals surface area contributed by atoms with E-state index >= 15 is 0 Å². The van der Waals surface area contributed by atoms with Crippen LogP contribution in [0.15, 0.2) is 24.3 Å². The van der Waals surface area contributed by atoms with E-state index in [1.54, 1.807) is 24.3 Å². The molecule has 0 saturated heterocycles. The Hall–Kier alpha value is -1.06. The van der Waals surface area contributed by atoms with E-state index in [0.29, 0.717) is 10.7 Å². The third kappa shape index (κ3) is 1.89. The largest absolute Gasteiger partial charge is 0.324 e. The lowest BCUT2D eigenvalue weighted by atomic mass is 10.2. The molecule has 74 valence electrons. The molecule has 1 fully saturated rings. The summed E-state index contributed by atoms with van der Waals surface area (Å²) in [6, 6.07) is 7.03. The molecular weight excluding hydrogens is 200 g/mol. The van der Waals surface area contributed by atoms with E-state index in [9.17, 15) is 4.79 Å². The summed E-state index contributed by atoms with van der Waals surface area (Å²) in [5, 5.41) is 3.34. The van der Waals surface area contributed by atoms with Gasteiger partial charge in [-0.1, -0.05) is 17.7 Å². The molecule has 1 saturated carbocycles. The average Bonchev–Trinajstić information content (AvgIpc) is 2.85. The number of nitrogens with two attached hydrogens (primary N) is 1. The Balaban J connectivity index is 2.07. The summed E-state index contributed by atoms with van der Waals surface area (Å²) in [6.07, 6.45) is 1.53. The minimum absolute atomic E-state index is 0.125. The maximum absolute atomic E-state index is 11.5. The smallest absolute Gasteiger partial charge is 0.244 e. The number of nitrogens with one attached hydrogen (secondary N) is 1. The zero-order chi connectivity index (χ0) is 10.2. The fourth-order valence-electron chi connectivity index (χ4n) is 1.18. The summed E-state index contributed by atoms with van der Waals surface area (Å²) < 4.78 is 0. The van der Waals surface area contributed by atoms with E-state index < -0.39 is 5.54 Å². The second-order valence-corrected chi connectivity index (χ2v) is 4.06. The lowest BCUT2D eigenvalue weighted by molar-refractivity contribution is -0.118. The van der Waals surface area contributed by atoms with Crippen molar-refractivity contribution in [1.29, 1.82) is 0 Å². The summed E-state index contributed by atoms with van der Waals surface area (Å²) in [5.74, 6) is -0.125. The molecule has 4 heteroatoms. The van der Waals surface area contributed by atoms with Gasteiger partial charge in [0, 0.05) is 10.7 Å². The van der Waals surface area contributed by atoms with Crippen LogP contribution in [0, 0.1) is 0 Å². The van der Waals surface area contributed by atoms with Gasteiger partial charge in [0.05, 0.1) is 5.54 Å². The monoisotopic (exact) mass is 210 g/mol. The van der Waals surface area contributed by atoms with Crippen LogP contribution in [0.4, 0.5) is 5.69 Å². The molecule has 1 amide bonds. The van der Waals surface area contributed by atoms with Crippen LogP contribution in [0.3, 0.4) is 0 Å². The molecule has 0 bridgehead atoms. The van der Waals surface area contributed by atoms with Crippen molar-refractivity contribution in [3.63, 3.8) is 0 Å². The number of hydrogen-bond acceptors (Lipinski definition) is 2. The zero-order valence-electron chi connectivity index (χ0n) is 7.59. The topological polar surface area (TPSA) is 55.1 Å². The van der Waals surface area contributed by atoms with Crippen molar-refractivity contribution in [2.75, 3.05) is 5.32 Å². The van der Waals surface area contributed by atoms with E-state index in [2.05, 4.69) is 5.32 Å². The highest BCUT2D eigenvalue weighted by Gasteiger charge is 2.45. The summed E-state index contributed by atoms with van der Waals surface area (Å²) in [7, 11) is 0. The second-order valence-electron chi connectivity index (χ2n) is 3.62. The molecule has 0 aromatic heterocycles. The standard InChI is InChI=1S/C10H11ClN2O/c11-7-2-1-3-8(6-7)13-9(14)10(12)4-5-10/h1-3,6H,4-5,12H2,(H,13,14). The first-order chi connectivity index (χ1) is 6.60. The number of carbonyl (C=O) groups excluding carboxylic acids is 1. The van der Waals surface area contributed by atoms with Crippen molar-refractivity contribution in [3.05, 3.63) is 29.3 Å². The Morgan fingerprint density at radius 1 is 1.50 bits per heavy atom. The first-order valence-electron chi connectivity index (χ1n) is 4.46. The number of rotatable bonds is 2. The van der Waals surface area contributed by atoms with E-state index in [1.165, 1.54) is 0 Å². The van der Waals surface area contributed by atoms with Crippen LogP contribution in [0.5, 0.6) is 0 Å². The summed E-state index contributed by atoms with van der Waals surface area (Å²) >= 11 is 5.78. The molecule has 0 heterocycles. The van der Waals surface area contributed by atoms with Crippen molar-refractivity contribution in [3.8, 4) is 0 Å². The Kier molecular flexibility index (Phi) is 2.21. The van der Waals surface area contributed by atoms with E-state index in [0.717, 1.165) is 12.8 Å². The Morgan fingerprint density at radius 2 is 2.21 bits per heavy atom. The predicted octanol–water partition coefficient (Wildman–Crippen LogP) is 1.77. The van der Waals surface area contributed by atoms with Gasteiger partial charge in [0.1, 0.15) is 0 Å². The van der Waals surface area contributed by atoms with E-state index in [1.807, 2.05) is 0 Å². The number of anilines is 1. The van der Waals surface area contributed by atoms with Crippen molar-refractivity contribution in [2.45, 2.75) is 18.4 Å². The molecule has 0 aliphatic heterocycles. The maximum Gasteiger partial charge on any atom is 0.244 e. The maximum atomic E-state index is 11.5. The molecule has 0 unspecified atom stereocenters. The van der Waals surface area contributed by atoms with Crippen LogP contribution in [0.1, 0.15) is 12.8 Å². The lowest BCUT2D eigenvalue weighted by Crippen LogP contribution is -2.37. The van der Waals surface area contributed by atoms with Crippen LogP contribution in [-0.4, -0.2) is 11.4 Å². The molecule has 2 rings (SSSR count). The molecule has 0 spiro atoms. The first kappa shape index (κ1) is 9.49. The highest BCUT2D eigenvalue weighted by atomic mass is 35.5. The highest BCUT2D eigenvalue weighted by molar-refractivity contribution is 6.30. The molecule has 3 nitrogen and oxygen atoms in total. The fraction of sp³-hybridized carbons (Fsp3) is 0.300. The van der Waals surface area contributed by atoms with Crippen molar-refractivity contribution in [1.82, 2.24) is 0 Å². The van der Waals surface area contributed by atoms with E-state index in [-0.39, 0.29) is 5.91 Å². The molecule has 1 aliphatic rings. The van der Waals surface area contributed by atoms with Gasteiger partial charge in [0.15, 0.2) is 0 Å². The first-order valence-corrected chi connectivity index (χ1v) is 4.84. The SMILES string of the molecule is NC1(C(=O)Nc2cccc(Cl)c2)CC1. The van der Waals surface area contributed by atoms with Gasteiger partial charge < -0.3 is 11.1 Å². The Bertz CT molecular complexity index is 374. The van der Waals surface area contributed by atoms with Gasteiger partial charge in [0.2, 0.25) is 5.91 Å². The van der Waals surface area contributed by atoms with Crippen molar-refractivity contribution < 1.29 is 4.79 Å². The quantitative estimate of drug-likeness (QED) is 0.782. The van der Waals surface area contributed by atoms with Crippen LogP contribution >= 0.6 is 11.6 Å². The Morgan fingerprint density at radius 3 is 2.79 bits per heavy atom. The molecule has 0 atom stereocenters. The van der Waals surface area contributed by atoms with Crippen molar-refractivity contribution in [2.24, 2.45) is 5.73 Å². The molecule has 1 aromatic rings. The highest BCUT2D eigenvalue weighted by Crippen LogP contribution is 2.33. The van der Waals surface area contributed by atoms with Crippen LogP contribution in [0.25, 0.3) is 0 Å². The second kappa shape index (κ2) is 3.26. The third-order valence-corrected chi connectivity index (χ3v) is 2.56. The number of benzene rings is 1. The van der Waals surface area contributed by atoms with Gasteiger partial charge in [-0.15, -0.1) is 0 Å².